The third-order valence-electron chi connectivity index (χ3n) is 5.36. The molecule has 0 unspecified atom stereocenters. The fourth-order valence-corrected chi connectivity index (χ4v) is 4.07. The van der Waals surface area contributed by atoms with E-state index in [2.05, 4.69) is 5.32 Å². The Kier molecular flexibility index (Phi) is 4.14. The molecule has 2 aromatic rings. The molecule has 7 heteroatoms. The highest BCUT2D eigenvalue weighted by Gasteiger charge is 2.53. The molecule has 1 aliphatic heterocycles. The van der Waals surface area contributed by atoms with Gasteiger partial charge < -0.3 is 5.32 Å². The molecule has 1 atom stereocenters. The Morgan fingerprint density at radius 3 is 2.74 bits per heavy atom. The summed E-state index contributed by atoms with van der Waals surface area (Å²) in [5.74, 6) is -0.284. The molecule has 4 rings (SSSR count). The molecule has 1 N–H and O–H groups in total. The molecule has 2 aromatic carbocycles. The highest BCUT2D eigenvalue weighted by Crippen LogP contribution is 2.39. The standard InChI is InChI=1S/C20H19N3O4/c24-18-20(11-4-3-8-15-7-1-2-10-17(15)20)21-19(25)22(18)13-14-6-5-9-16(12-14)23(26)27/h1-2,5-7,9-10,12H,3-4,8,11,13H2,(H,21,25)/t20-/m0/s1. The average molecular weight is 365 g/mol. The lowest BCUT2D eigenvalue weighted by Crippen LogP contribution is -2.44. The summed E-state index contributed by atoms with van der Waals surface area (Å²) in [6.07, 6.45) is 3.24. The number of hydrogen-bond donors (Lipinski definition) is 1. The van der Waals surface area contributed by atoms with E-state index in [1.54, 1.807) is 12.1 Å². The largest absolute Gasteiger partial charge is 0.325 e. The van der Waals surface area contributed by atoms with Gasteiger partial charge in [-0.25, -0.2) is 4.79 Å². The van der Waals surface area contributed by atoms with Crippen LogP contribution in [0.4, 0.5) is 10.5 Å². The normalized spacial score (nSPS) is 21.7. The van der Waals surface area contributed by atoms with Gasteiger partial charge >= 0.3 is 6.03 Å². The van der Waals surface area contributed by atoms with Crippen LogP contribution in [0.3, 0.4) is 0 Å². The van der Waals surface area contributed by atoms with E-state index in [4.69, 9.17) is 0 Å². The first-order valence-corrected chi connectivity index (χ1v) is 8.97. The van der Waals surface area contributed by atoms with Gasteiger partial charge in [0.25, 0.3) is 11.6 Å². The first-order chi connectivity index (χ1) is 13.0. The Balaban J connectivity index is 1.69. The second-order valence-corrected chi connectivity index (χ2v) is 7.02. The molecule has 1 heterocycles. The number of hydrogen-bond acceptors (Lipinski definition) is 4. The van der Waals surface area contributed by atoms with Gasteiger partial charge in [0.05, 0.1) is 11.5 Å². The van der Waals surface area contributed by atoms with Crippen LogP contribution in [-0.2, 0) is 23.3 Å². The van der Waals surface area contributed by atoms with E-state index in [0.717, 1.165) is 30.4 Å². The summed E-state index contributed by atoms with van der Waals surface area (Å²) < 4.78 is 0. The summed E-state index contributed by atoms with van der Waals surface area (Å²) in [5.41, 5.74) is 1.40. The third-order valence-corrected chi connectivity index (χ3v) is 5.36. The zero-order valence-electron chi connectivity index (χ0n) is 14.7. The van der Waals surface area contributed by atoms with E-state index in [0.29, 0.717) is 12.0 Å². The van der Waals surface area contributed by atoms with Crippen molar-refractivity contribution in [1.82, 2.24) is 10.2 Å². The van der Waals surface area contributed by atoms with Crippen molar-refractivity contribution in [2.45, 2.75) is 37.8 Å². The second-order valence-electron chi connectivity index (χ2n) is 7.02. The van der Waals surface area contributed by atoms with Crippen LogP contribution in [0, 0.1) is 10.1 Å². The van der Waals surface area contributed by atoms with Crippen molar-refractivity contribution in [3.05, 3.63) is 75.3 Å². The smallest absolute Gasteiger partial charge is 0.319 e. The maximum atomic E-state index is 13.3. The molecule has 1 spiro atoms. The maximum absolute atomic E-state index is 13.3. The van der Waals surface area contributed by atoms with Crippen LogP contribution in [0.2, 0.25) is 0 Å². The number of carbonyl (C=O) groups is 2. The van der Waals surface area contributed by atoms with Crippen molar-refractivity contribution in [1.29, 1.82) is 0 Å². The summed E-state index contributed by atoms with van der Waals surface area (Å²) in [6, 6.07) is 13.3. The topological polar surface area (TPSA) is 92.6 Å². The van der Waals surface area contributed by atoms with E-state index >= 15 is 0 Å². The van der Waals surface area contributed by atoms with Gasteiger partial charge in [0.15, 0.2) is 0 Å². The van der Waals surface area contributed by atoms with Crippen molar-refractivity contribution < 1.29 is 14.5 Å². The van der Waals surface area contributed by atoms with Gasteiger partial charge in [-0.3, -0.25) is 19.8 Å². The van der Waals surface area contributed by atoms with Gasteiger partial charge in [-0.2, -0.15) is 0 Å². The Bertz CT molecular complexity index is 942. The van der Waals surface area contributed by atoms with Gasteiger partial charge in [-0.15, -0.1) is 0 Å². The van der Waals surface area contributed by atoms with E-state index < -0.39 is 16.5 Å². The number of nitro benzene ring substituents is 1. The molecule has 0 radical (unpaired) electrons. The van der Waals surface area contributed by atoms with Crippen LogP contribution < -0.4 is 5.32 Å². The van der Waals surface area contributed by atoms with E-state index in [1.165, 1.54) is 17.0 Å². The number of benzene rings is 2. The molecule has 1 aliphatic carbocycles. The Labute approximate surface area is 156 Å². The second kappa shape index (κ2) is 6.50. The number of carbonyl (C=O) groups excluding carboxylic acids is 2. The number of fused-ring (bicyclic) bond motifs is 2. The average Bonchev–Trinajstić information content (AvgIpc) is 2.81. The highest BCUT2D eigenvalue weighted by molar-refractivity contribution is 6.07. The monoisotopic (exact) mass is 365 g/mol. The third kappa shape index (κ3) is 2.85. The van der Waals surface area contributed by atoms with E-state index in [-0.39, 0.29) is 18.1 Å². The lowest BCUT2D eigenvalue weighted by Gasteiger charge is -2.27. The fraction of sp³-hybridized carbons (Fsp3) is 0.300. The number of nitro groups is 1. The van der Waals surface area contributed by atoms with Crippen LogP contribution in [-0.4, -0.2) is 21.8 Å². The molecule has 2 aliphatic rings. The minimum Gasteiger partial charge on any atom is -0.319 e. The molecule has 138 valence electrons. The van der Waals surface area contributed by atoms with Crippen molar-refractivity contribution in [3.8, 4) is 0 Å². The molecule has 0 bridgehead atoms. The first-order valence-electron chi connectivity index (χ1n) is 8.97. The molecule has 0 saturated carbocycles. The number of aryl methyl sites for hydroxylation is 1. The van der Waals surface area contributed by atoms with Gasteiger partial charge in [-0.05, 0) is 42.4 Å². The minimum absolute atomic E-state index is 0.0102. The molecule has 27 heavy (non-hydrogen) atoms. The summed E-state index contributed by atoms with van der Waals surface area (Å²) in [5, 5.41) is 13.9. The number of non-ortho nitro benzene ring substituents is 1. The number of amides is 3. The number of rotatable bonds is 3. The quantitative estimate of drug-likeness (QED) is 0.513. The Morgan fingerprint density at radius 2 is 1.93 bits per heavy atom. The fourth-order valence-electron chi connectivity index (χ4n) is 4.07. The van der Waals surface area contributed by atoms with Crippen molar-refractivity contribution in [3.63, 3.8) is 0 Å². The van der Waals surface area contributed by atoms with Crippen molar-refractivity contribution in [2.75, 3.05) is 0 Å². The molecule has 1 saturated heterocycles. The summed E-state index contributed by atoms with van der Waals surface area (Å²) in [7, 11) is 0. The molecule has 1 fully saturated rings. The molecule has 7 nitrogen and oxygen atoms in total. The number of nitrogens with zero attached hydrogens (tertiary/aromatic N) is 2. The maximum Gasteiger partial charge on any atom is 0.325 e. The lowest BCUT2D eigenvalue weighted by molar-refractivity contribution is -0.384. The van der Waals surface area contributed by atoms with Crippen LogP contribution in [0.1, 0.15) is 36.0 Å². The van der Waals surface area contributed by atoms with E-state index in [9.17, 15) is 19.7 Å². The van der Waals surface area contributed by atoms with Crippen molar-refractivity contribution >= 4 is 17.6 Å². The van der Waals surface area contributed by atoms with E-state index in [1.807, 2.05) is 24.3 Å². The number of nitrogens with one attached hydrogen (secondary N) is 1. The Morgan fingerprint density at radius 1 is 1.11 bits per heavy atom. The van der Waals surface area contributed by atoms with Gasteiger partial charge in [0.2, 0.25) is 0 Å². The summed E-state index contributed by atoms with van der Waals surface area (Å²) >= 11 is 0. The zero-order chi connectivity index (χ0) is 19.0. The molecule has 0 aromatic heterocycles. The Hall–Kier alpha value is -3.22. The summed E-state index contributed by atoms with van der Waals surface area (Å²) in [4.78, 5) is 37.7. The first kappa shape index (κ1) is 17.2. The molecular formula is C20H19N3O4. The van der Waals surface area contributed by atoms with Gasteiger partial charge in [0, 0.05) is 12.1 Å². The molecule has 3 amide bonds. The highest BCUT2D eigenvalue weighted by atomic mass is 16.6. The molecular weight excluding hydrogens is 346 g/mol. The lowest BCUT2D eigenvalue weighted by atomic mass is 9.84. The van der Waals surface area contributed by atoms with Crippen LogP contribution in [0.15, 0.2) is 48.5 Å². The summed E-state index contributed by atoms with van der Waals surface area (Å²) in [6.45, 7) is 0.0102. The van der Waals surface area contributed by atoms with Crippen LogP contribution in [0.25, 0.3) is 0 Å². The predicted octanol–water partition coefficient (Wildman–Crippen LogP) is 3.27. The zero-order valence-corrected chi connectivity index (χ0v) is 14.7. The van der Waals surface area contributed by atoms with Crippen LogP contribution >= 0.6 is 0 Å². The van der Waals surface area contributed by atoms with Gasteiger partial charge in [-0.1, -0.05) is 36.4 Å². The number of urea groups is 1. The van der Waals surface area contributed by atoms with Crippen molar-refractivity contribution in [2.24, 2.45) is 0 Å². The number of imide groups is 1. The minimum atomic E-state index is -1.04. The SMILES string of the molecule is O=C1N[C@]2(CCCCc3ccccc32)C(=O)N1Cc1cccc([N+](=O)[O-])c1. The predicted molar refractivity (Wildman–Crippen MR) is 97.9 cm³/mol. The van der Waals surface area contributed by atoms with Crippen LogP contribution in [0.5, 0.6) is 0 Å². The van der Waals surface area contributed by atoms with Gasteiger partial charge in [0.1, 0.15) is 5.54 Å².